The zero-order valence-corrected chi connectivity index (χ0v) is 10.5. The molecule has 5 nitrogen and oxygen atoms in total. The molecular weight excluding hydrogens is 230 g/mol. The minimum absolute atomic E-state index is 0.503. The van der Waals surface area contributed by atoms with Crippen LogP contribution in [0.4, 0.5) is 0 Å². The summed E-state index contributed by atoms with van der Waals surface area (Å²) in [6.07, 6.45) is 7.16. The molecule has 2 heterocycles. The zero-order chi connectivity index (χ0) is 12.2. The van der Waals surface area contributed by atoms with Crippen molar-refractivity contribution in [2.75, 3.05) is 19.8 Å². The van der Waals surface area contributed by atoms with Crippen LogP contribution in [-0.4, -0.2) is 35.8 Å². The highest BCUT2D eigenvalue weighted by Crippen LogP contribution is 2.19. The van der Waals surface area contributed by atoms with Gasteiger partial charge in [0.05, 0.1) is 31.3 Å². The summed E-state index contributed by atoms with van der Waals surface area (Å²) in [7, 11) is 0. The summed E-state index contributed by atoms with van der Waals surface area (Å²) in [5, 5.41) is 3.41. The molecule has 1 aromatic heterocycles. The molecule has 3 rings (SSSR count). The third kappa shape index (κ3) is 3.40. The van der Waals surface area contributed by atoms with E-state index in [-0.39, 0.29) is 0 Å². The van der Waals surface area contributed by atoms with Crippen molar-refractivity contribution < 1.29 is 9.47 Å². The molecule has 1 unspecified atom stereocenters. The van der Waals surface area contributed by atoms with Gasteiger partial charge in [-0.1, -0.05) is 0 Å². The van der Waals surface area contributed by atoms with Crippen LogP contribution in [-0.2, 0) is 11.3 Å². The summed E-state index contributed by atoms with van der Waals surface area (Å²) in [6.45, 7) is 3.13. The lowest BCUT2D eigenvalue weighted by atomic mass is 10.1. The summed E-state index contributed by atoms with van der Waals surface area (Å²) in [6, 6.07) is 0.699. The first kappa shape index (κ1) is 11.9. The number of aromatic nitrogens is 2. The van der Waals surface area contributed by atoms with Crippen LogP contribution >= 0.6 is 0 Å². The normalized spacial score (nSPS) is 23.2. The molecule has 5 heteroatoms. The van der Waals surface area contributed by atoms with Crippen LogP contribution in [0.5, 0.6) is 5.88 Å². The van der Waals surface area contributed by atoms with E-state index < -0.39 is 0 Å². The van der Waals surface area contributed by atoms with E-state index in [0.717, 1.165) is 31.9 Å². The van der Waals surface area contributed by atoms with E-state index in [4.69, 9.17) is 9.47 Å². The molecule has 1 aliphatic heterocycles. The third-order valence-electron chi connectivity index (χ3n) is 3.32. The van der Waals surface area contributed by atoms with E-state index in [9.17, 15) is 0 Å². The molecule has 2 fully saturated rings. The van der Waals surface area contributed by atoms with Crippen LogP contribution in [0.2, 0.25) is 0 Å². The molecule has 0 radical (unpaired) electrons. The Morgan fingerprint density at radius 2 is 2.22 bits per heavy atom. The van der Waals surface area contributed by atoms with E-state index in [2.05, 4.69) is 15.3 Å². The van der Waals surface area contributed by atoms with Gasteiger partial charge in [-0.3, -0.25) is 4.98 Å². The second-order valence-corrected chi connectivity index (χ2v) is 5.04. The van der Waals surface area contributed by atoms with Gasteiger partial charge in [0, 0.05) is 25.1 Å². The molecule has 0 bridgehead atoms. The molecule has 1 atom stereocenters. The Balaban J connectivity index is 1.44. The summed E-state index contributed by atoms with van der Waals surface area (Å²) in [4.78, 5) is 8.61. The van der Waals surface area contributed by atoms with Gasteiger partial charge >= 0.3 is 0 Å². The quantitative estimate of drug-likeness (QED) is 0.819. The molecule has 0 amide bonds. The molecule has 98 valence electrons. The molecule has 18 heavy (non-hydrogen) atoms. The summed E-state index contributed by atoms with van der Waals surface area (Å²) >= 11 is 0. The molecule has 1 saturated carbocycles. The Morgan fingerprint density at radius 1 is 1.28 bits per heavy atom. The Morgan fingerprint density at radius 3 is 2.89 bits per heavy atom. The molecule has 2 aliphatic rings. The summed E-state index contributed by atoms with van der Waals surface area (Å²) < 4.78 is 10.9. The predicted molar refractivity (Wildman–Crippen MR) is 66.3 cm³/mol. The van der Waals surface area contributed by atoms with E-state index in [1.807, 2.05) is 0 Å². The van der Waals surface area contributed by atoms with E-state index >= 15 is 0 Å². The van der Waals surface area contributed by atoms with Crippen molar-refractivity contribution in [3.63, 3.8) is 0 Å². The van der Waals surface area contributed by atoms with Crippen molar-refractivity contribution in [1.29, 1.82) is 0 Å². The minimum atomic E-state index is 0.503. The van der Waals surface area contributed by atoms with Gasteiger partial charge in [0.25, 0.3) is 0 Å². The maximum Gasteiger partial charge on any atom is 0.232 e. The van der Waals surface area contributed by atoms with Crippen LogP contribution in [0, 0.1) is 5.92 Å². The van der Waals surface area contributed by atoms with Crippen molar-refractivity contribution in [1.82, 2.24) is 15.3 Å². The van der Waals surface area contributed by atoms with Gasteiger partial charge in [-0.05, 0) is 19.3 Å². The molecule has 0 spiro atoms. The average molecular weight is 249 g/mol. The fraction of sp³-hybridized carbons (Fsp3) is 0.692. The predicted octanol–water partition coefficient (Wildman–Crippen LogP) is 1.14. The highest BCUT2D eigenvalue weighted by molar-refractivity contribution is 5.07. The van der Waals surface area contributed by atoms with Crippen LogP contribution in [0.15, 0.2) is 12.4 Å². The van der Waals surface area contributed by atoms with E-state index in [0.29, 0.717) is 24.4 Å². The van der Waals surface area contributed by atoms with Crippen LogP contribution < -0.4 is 10.1 Å². The summed E-state index contributed by atoms with van der Waals surface area (Å²) in [5.41, 5.74) is 0.971. The maximum atomic E-state index is 5.61. The molecule has 0 aromatic carbocycles. The van der Waals surface area contributed by atoms with Crippen molar-refractivity contribution in [3.05, 3.63) is 18.1 Å². The second-order valence-electron chi connectivity index (χ2n) is 5.04. The van der Waals surface area contributed by atoms with Gasteiger partial charge in [-0.25, -0.2) is 4.98 Å². The van der Waals surface area contributed by atoms with Crippen molar-refractivity contribution in [3.8, 4) is 5.88 Å². The second kappa shape index (κ2) is 5.63. The highest BCUT2D eigenvalue weighted by atomic mass is 16.5. The monoisotopic (exact) mass is 249 g/mol. The van der Waals surface area contributed by atoms with E-state index in [1.165, 1.54) is 12.8 Å². The van der Waals surface area contributed by atoms with Gasteiger partial charge in [0.2, 0.25) is 5.88 Å². The lowest BCUT2D eigenvalue weighted by Gasteiger charge is -2.09. The Labute approximate surface area is 107 Å². The molecule has 1 saturated heterocycles. The smallest absolute Gasteiger partial charge is 0.232 e. The lowest BCUT2D eigenvalue weighted by Crippen LogP contribution is -2.16. The van der Waals surface area contributed by atoms with Gasteiger partial charge in [0.15, 0.2) is 0 Å². The first-order chi connectivity index (χ1) is 8.90. The molecule has 1 aliphatic carbocycles. The fourth-order valence-electron chi connectivity index (χ4n) is 1.96. The van der Waals surface area contributed by atoms with Crippen molar-refractivity contribution >= 4 is 0 Å². The summed E-state index contributed by atoms with van der Waals surface area (Å²) in [5.74, 6) is 1.11. The number of nitrogens with zero attached hydrogens (tertiary/aromatic N) is 2. The van der Waals surface area contributed by atoms with E-state index in [1.54, 1.807) is 12.4 Å². The Bertz CT molecular complexity index is 372. The minimum Gasteiger partial charge on any atom is -0.476 e. The topological polar surface area (TPSA) is 56.3 Å². The molecular formula is C13H19N3O2. The van der Waals surface area contributed by atoms with Crippen LogP contribution in [0.1, 0.15) is 25.0 Å². The number of rotatable bonds is 6. The van der Waals surface area contributed by atoms with Crippen LogP contribution in [0.25, 0.3) is 0 Å². The van der Waals surface area contributed by atoms with Crippen molar-refractivity contribution in [2.45, 2.75) is 31.8 Å². The fourth-order valence-corrected chi connectivity index (χ4v) is 1.96. The van der Waals surface area contributed by atoms with Gasteiger partial charge < -0.3 is 14.8 Å². The number of nitrogens with one attached hydrogen (secondary N) is 1. The SMILES string of the molecule is c1nc(OCC2CCOC2)cnc1CNC1CC1. The van der Waals surface area contributed by atoms with Gasteiger partial charge in [0.1, 0.15) is 0 Å². The maximum absolute atomic E-state index is 5.61. The van der Waals surface area contributed by atoms with Crippen LogP contribution in [0.3, 0.4) is 0 Å². The lowest BCUT2D eigenvalue weighted by molar-refractivity contribution is 0.165. The zero-order valence-electron chi connectivity index (χ0n) is 10.5. The standard InChI is InChI=1S/C13H19N3O2/c1-2-11(1)14-5-12-6-16-13(7-15-12)18-9-10-3-4-17-8-10/h6-7,10-11,14H,1-5,8-9H2. The Kier molecular flexibility index (Phi) is 3.71. The number of hydrogen-bond acceptors (Lipinski definition) is 5. The van der Waals surface area contributed by atoms with Crippen molar-refractivity contribution in [2.24, 2.45) is 5.92 Å². The molecule has 1 aromatic rings. The number of hydrogen-bond donors (Lipinski definition) is 1. The van der Waals surface area contributed by atoms with Gasteiger partial charge in [-0.15, -0.1) is 0 Å². The largest absolute Gasteiger partial charge is 0.476 e. The first-order valence-corrected chi connectivity index (χ1v) is 6.65. The van der Waals surface area contributed by atoms with Gasteiger partial charge in [-0.2, -0.15) is 0 Å². The molecule has 1 N–H and O–H groups in total. The number of ether oxygens (including phenoxy) is 2. The average Bonchev–Trinajstić information content (AvgIpc) is 3.09. The third-order valence-corrected chi connectivity index (χ3v) is 3.32. The first-order valence-electron chi connectivity index (χ1n) is 6.65. The Hall–Kier alpha value is -1.20. The highest BCUT2D eigenvalue weighted by Gasteiger charge is 2.20.